The third-order valence-electron chi connectivity index (χ3n) is 1.55. The summed E-state index contributed by atoms with van der Waals surface area (Å²) in [5.74, 6) is -0.220. The van der Waals surface area contributed by atoms with Gasteiger partial charge in [0.05, 0.1) is 7.11 Å². The topological polar surface area (TPSA) is 70.7 Å². The summed E-state index contributed by atoms with van der Waals surface area (Å²) in [5, 5.41) is 3.99. The van der Waals surface area contributed by atoms with Crippen molar-refractivity contribution in [1.82, 2.24) is 15.8 Å². The summed E-state index contributed by atoms with van der Waals surface area (Å²) in [7, 11) is 2.97. The zero-order chi connectivity index (χ0) is 9.14. The van der Waals surface area contributed by atoms with Crippen molar-refractivity contribution >= 4 is 12.0 Å². The van der Waals surface area contributed by atoms with Gasteiger partial charge in [-0.1, -0.05) is 0 Å². The van der Waals surface area contributed by atoms with Gasteiger partial charge in [-0.25, -0.2) is 9.80 Å². The van der Waals surface area contributed by atoms with E-state index < -0.39 is 12.1 Å². The highest BCUT2D eigenvalue weighted by Crippen LogP contribution is 1.96. The average Bonchev–Trinajstić information content (AvgIpc) is 2.30. The number of alkyl carbamates (subject to hydrolysis) is 1. The Kier molecular flexibility index (Phi) is 2.49. The Balaban J connectivity index is 2.43. The zero-order valence-corrected chi connectivity index (χ0v) is 6.96. The highest BCUT2D eigenvalue weighted by atomic mass is 16.5. The highest BCUT2D eigenvalue weighted by Gasteiger charge is 2.29. The maximum absolute atomic E-state index is 11.0. The second kappa shape index (κ2) is 3.40. The van der Waals surface area contributed by atoms with E-state index in [0.717, 1.165) is 0 Å². The van der Waals surface area contributed by atoms with Crippen molar-refractivity contribution in [3.8, 4) is 0 Å². The first kappa shape index (κ1) is 8.79. The lowest BCUT2D eigenvalue weighted by molar-refractivity contribution is -0.122. The third kappa shape index (κ3) is 1.85. The predicted molar refractivity (Wildman–Crippen MR) is 40.1 cm³/mol. The van der Waals surface area contributed by atoms with Gasteiger partial charge in [-0.05, 0) is 0 Å². The smallest absolute Gasteiger partial charge is 0.407 e. The number of nitrogens with zero attached hydrogens (tertiary/aromatic N) is 1. The quantitative estimate of drug-likeness (QED) is 0.516. The molecular weight excluding hydrogens is 162 g/mol. The van der Waals surface area contributed by atoms with E-state index in [9.17, 15) is 9.59 Å². The van der Waals surface area contributed by atoms with E-state index in [2.05, 4.69) is 15.5 Å². The molecule has 2 N–H and O–H groups in total. The molecule has 68 valence electrons. The Morgan fingerprint density at radius 1 is 1.83 bits per heavy atom. The van der Waals surface area contributed by atoms with Crippen molar-refractivity contribution in [2.45, 2.75) is 6.04 Å². The van der Waals surface area contributed by atoms with Gasteiger partial charge in [0.15, 0.2) is 0 Å². The van der Waals surface area contributed by atoms with E-state index in [0.29, 0.717) is 6.54 Å². The lowest BCUT2D eigenvalue weighted by Gasteiger charge is -2.07. The van der Waals surface area contributed by atoms with E-state index in [1.807, 2.05) is 0 Å². The largest absolute Gasteiger partial charge is 0.453 e. The fraction of sp³-hybridized carbons (Fsp3) is 0.667. The van der Waals surface area contributed by atoms with Gasteiger partial charge in [-0.3, -0.25) is 10.2 Å². The average molecular weight is 173 g/mol. The molecule has 1 aliphatic rings. The molecule has 1 saturated heterocycles. The molecule has 0 aliphatic carbocycles. The number of rotatable bonds is 1. The van der Waals surface area contributed by atoms with Crippen LogP contribution in [-0.4, -0.2) is 43.8 Å². The molecule has 1 unspecified atom stereocenters. The van der Waals surface area contributed by atoms with E-state index in [1.165, 1.54) is 7.11 Å². The Labute approximate surface area is 69.8 Å². The number of amides is 2. The number of carbonyl (C=O) groups excluding carboxylic acids is 2. The van der Waals surface area contributed by atoms with Crippen LogP contribution in [-0.2, 0) is 9.53 Å². The maximum atomic E-state index is 11.0. The van der Waals surface area contributed by atoms with Crippen LogP contribution in [0.2, 0.25) is 0 Å². The molecule has 0 bridgehead atoms. The number of nitrogens with one attached hydrogen (secondary N) is 2. The minimum Gasteiger partial charge on any atom is -0.453 e. The van der Waals surface area contributed by atoms with Crippen LogP contribution in [0.15, 0.2) is 0 Å². The normalized spacial score (nSPS) is 23.5. The number of methoxy groups -OCH3 is 1. The molecule has 1 aliphatic heterocycles. The lowest BCUT2D eigenvalue weighted by Crippen LogP contribution is -2.41. The van der Waals surface area contributed by atoms with Crippen LogP contribution in [0.5, 0.6) is 0 Å². The van der Waals surface area contributed by atoms with Crippen molar-refractivity contribution in [1.29, 1.82) is 0 Å². The summed E-state index contributed by atoms with van der Waals surface area (Å²) in [6.45, 7) is 0.452. The maximum Gasteiger partial charge on any atom is 0.407 e. The van der Waals surface area contributed by atoms with Gasteiger partial charge in [0.2, 0.25) is 0 Å². The van der Waals surface area contributed by atoms with Crippen LogP contribution in [0.4, 0.5) is 4.79 Å². The number of hydrogen-bond acceptors (Lipinski definition) is 4. The van der Waals surface area contributed by atoms with Crippen molar-refractivity contribution in [3.63, 3.8) is 0 Å². The fourth-order valence-electron chi connectivity index (χ4n) is 0.981. The molecule has 1 fully saturated rings. The Hall–Kier alpha value is -1.30. The summed E-state index contributed by atoms with van der Waals surface area (Å²) in [6.07, 6.45) is -0.592. The SMILES string of the molecule is COC(=O)NC1CN(C)NC1=O. The summed E-state index contributed by atoms with van der Waals surface area (Å²) >= 11 is 0. The van der Waals surface area contributed by atoms with Crippen LogP contribution in [0, 0.1) is 0 Å². The first-order valence-corrected chi connectivity index (χ1v) is 3.49. The van der Waals surface area contributed by atoms with Gasteiger partial charge >= 0.3 is 6.09 Å². The number of hydrazine groups is 1. The molecule has 0 aromatic carbocycles. The number of likely N-dealkylation sites (N-methyl/N-ethyl adjacent to an activating group) is 1. The Morgan fingerprint density at radius 3 is 2.92 bits per heavy atom. The van der Waals surface area contributed by atoms with E-state index in [4.69, 9.17) is 0 Å². The van der Waals surface area contributed by atoms with Crippen LogP contribution in [0.25, 0.3) is 0 Å². The molecule has 2 amide bonds. The number of hydrogen-bond donors (Lipinski definition) is 2. The van der Waals surface area contributed by atoms with Gasteiger partial charge < -0.3 is 10.1 Å². The molecular formula is C6H11N3O3. The van der Waals surface area contributed by atoms with E-state index >= 15 is 0 Å². The minimum absolute atomic E-state index is 0.220. The van der Waals surface area contributed by atoms with E-state index in [-0.39, 0.29) is 5.91 Å². The lowest BCUT2D eigenvalue weighted by atomic mass is 10.3. The molecule has 1 rings (SSSR count). The molecule has 0 saturated carbocycles. The van der Waals surface area contributed by atoms with Crippen LogP contribution >= 0.6 is 0 Å². The first-order valence-electron chi connectivity index (χ1n) is 3.49. The molecule has 0 aromatic heterocycles. The van der Waals surface area contributed by atoms with Crippen LogP contribution in [0.3, 0.4) is 0 Å². The van der Waals surface area contributed by atoms with Crippen molar-refractivity contribution < 1.29 is 14.3 Å². The van der Waals surface area contributed by atoms with Crippen LogP contribution in [0.1, 0.15) is 0 Å². The van der Waals surface area contributed by atoms with Crippen molar-refractivity contribution in [2.75, 3.05) is 20.7 Å². The molecule has 1 atom stereocenters. The highest BCUT2D eigenvalue weighted by molar-refractivity contribution is 5.86. The fourth-order valence-corrected chi connectivity index (χ4v) is 0.981. The van der Waals surface area contributed by atoms with Crippen molar-refractivity contribution in [3.05, 3.63) is 0 Å². The van der Waals surface area contributed by atoms with Gasteiger partial charge in [0.1, 0.15) is 6.04 Å². The van der Waals surface area contributed by atoms with Gasteiger partial charge in [-0.2, -0.15) is 0 Å². The molecule has 0 radical (unpaired) electrons. The number of carbonyl (C=O) groups is 2. The first-order chi connectivity index (χ1) is 5.63. The molecule has 12 heavy (non-hydrogen) atoms. The minimum atomic E-state index is -0.592. The Morgan fingerprint density at radius 2 is 2.50 bits per heavy atom. The molecule has 6 heteroatoms. The van der Waals surface area contributed by atoms with Gasteiger partial charge in [0, 0.05) is 13.6 Å². The molecule has 1 heterocycles. The van der Waals surface area contributed by atoms with Crippen molar-refractivity contribution in [2.24, 2.45) is 0 Å². The van der Waals surface area contributed by atoms with Crippen LogP contribution < -0.4 is 10.7 Å². The summed E-state index contributed by atoms with van der Waals surface area (Å²) < 4.78 is 4.35. The molecule has 0 spiro atoms. The Bertz CT molecular complexity index is 206. The zero-order valence-electron chi connectivity index (χ0n) is 6.96. The summed E-state index contributed by atoms with van der Waals surface area (Å²) in [6, 6.07) is -0.512. The molecule has 6 nitrogen and oxygen atoms in total. The summed E-state index contributed by atoms with van der Waals surface area (Å²) in [5.41, 5.74) is 2.52. The number of ether oxygens (including phenoxy) is 1. The molecule has 0 aromatic rings. The third-order valence-corrected chi connectivity index (χ3v) is 1.55. The second-order valence-corrected chi connectivity index (χ2v) is 2.55. The summed E-state index contributed by atoms with van der Waals surface area (Å²) in [4.78, 5) is 21.7. The standard InChI is InChI=1S/C6H11N3O3/c1-9-3-4(5(10)8-9)7-6(11)12-2/h4H,3H2,1-2H3,(H,7,11)(H,8,10). The van der Waals surface area contributed by atoms with Gasteiger partial charge in [0.25, 0.3) is 5.91 Å². The monoisotopic (exact) mass is 173 g/mol. The van der Waals surface area contributed by atoms with Gasteiger partial charge in [-0.15, -0.1) is 0 Å². The van der Waals surface area contributed by atoms with E-state index in [1.54, 1.807) is 12.1 Å². The predicted octanol–water partition coefficient (Wildman–Crippen LogP) is -1.31. The second-order valence-electron chi connectivity index (χ2n) is 2.55.